The van der Waals surface area contributed by atoms with Gasteiger partial charge in [-0.15, -0.1) is 0 Å². The Morgan fingerprint density at radius 3 is 2.80 bits per heavy atom. The molecular weight excluding hydrogens is 270 g/mol. The van der Waals surface area contributed by atoms with Crippen LogP contribution in [-0.4, -0.2) is 42.1 Å². The van der Waals surface area contributed by atoms with Crippen molar-refractivity contribution in [3.63, 3.8) is 0 Å². The predicted octanol–water partition coefficient (Wildman–Crippen LogP) is 2.87. The SMILES string of the molecule is C[N+]1(CC(=O)Nc2nc3ccccc3s2)CCCCC1. The van der Waals surface area contributed by atoms with Crippen molar-refractivity contribution < 1.29 is 9.28 Å². The van der Waals surface area contributed by atoms with E-state index in [1.165, 1.54) is 30.6 Å². The highest BCUT2D eigenvalue weighted by molar-refractivity contribution is 7.22. The number of para-hydroxylation sites is 1. The van der Waals surface area contributed by atoms with Gasteiger partial charge >= 0.3 is 0 Å². The van der Waals surface area contributed by atoms with Crippen molar-refractivity contribution in [2.24, 2.45) is 0 Å². The highest BCUT2D eigenvalue weighted by Gasteiger charge is 2.27. The van der Waals surface area contributed by atoms with Crippen molar-refractivity contribution in [1.29, 1.82) is 0 Å². The number of likely N-dealkylation sites (tertiary alicyclic amines) is 1. The van der Waals surface area contributed by atoms with Gasteiger partial charge in [-0.2, -0.15) is 0 Å². The molecule has 3 rings (SSSR count). The number of hydrogen-bond acceptors (Lipinski definition) is 3. The zero-order valence-electron chi connectivity index (χ0n) is 11.8. The number of fused-ring (bicyclic) bond motifs is 1. The number of nitrogens with one attached hydrogen (secondary N) is 1. The van der Waals surface area contributed by atoms with Crippen LogP contribution in [0.4, 0.5) is 5.13 Å². The molecule has 0 bridgehead atoms. The van der Waals surface area contributed by atoms with Crippen LogP contribution in [0.5, 0.6) is 0 Å². The summed E-state index contributed by atoms with van der Waals surface area (Å²) in [6.45, 7) is 2.76. The van der Waals surface area contributed by atoms with E-state index in [0.717, 1.165) is 27.8 Å². The van der Waals surface area contributed by atoms with Crippen molar-refractivity contribution in [3.8, 4) is 0 Å². The zero-order valence-corrected chi connectivity index (χ0v) is 12.6. The van der Waals surface area contributed by atoms with Gasteiger partial charge in [-0.3, -0.25) is 10.1 Å². The topological polar surface area (TPSA) is 42.0 Å². The molecule has 1 aliphatic heterocycles. The number of benzene rings is 1. The normalized spacial score (nSPS) is 18.1. The van der Waals surface area contributed by atoms with Gasteiger partial charge < -0.3 is 4.48 Å². The molecule has 2 heterocycles. The molecule has 1 aliphatic rings. The first kappa shape index (κ1) is 13.5. The van der Waals surface area contributed by atoms with Gasteiger partial charge in [0.15, 0.2) is 11.7 Å². The third kappa shape index (κ3) is 2.99. The van der Waals surface area contributed by atoms with Crippen molar-refractivity contribution in [3.05, 3.63) is 24.3 Å². The van der Waals surface area contributed by atoms with Gasteiger partial charge in [0.2, 0.25) is 0 Å². The number of anilines is 1. The third-order valence-electron chi connectivity index (χ3n) is 3.96. The number of quaternary nitrogens is 1. The zero-order chi connectivity index (χ0) is 14.0. The van der Waals surface area contributed by atoms with E-state index in [1.807, 2.05) is 24.3 Å². The van der Waals surface area contributed by atoms with Crippen molar-refractivity contribution >= 4 is 32.6 Å². The first-order chi connectivity index (χ1) is 9.65. The molecule has 106 valence electrons. The van der Waals surface area contributed by atoms with Gasteiger partial charge in [0.05, 0.1) is 30.4 Å². The summed E-state index contributed by atoms with van der Waals surface area (Å²) < 4.78 is 1.97. The molecule has 5 heteroatoms. The molecule has 0 saturated carbocycles. The van der Waals surface area contributed by atoms with E-state index in [-0.39, 0.29) is 5.91 Å². The predicted molar refractivity (Wildman–Crippen MR) is 82.9 cm³/mol. The van der Waals surface area contributed by atoms with E-state index in [0.29, 0.717) is 11.7 Å². The summed E-state index contributed by atoms with van der Waals surface area (Å²) in [7, 11) is 2.18. The maximum Gasteiger partial charge on any atom is 0.281 e. The van der Waals surface area contributed by atoms with Crippen LogP contribution in [0.3, 0.4) is 0 Å². The lowest BCUT2D eigenvalue weighted by atomic mass is 10.1. The number of rotatable bonds is 3. The Bertz CT molecular complexity index is 583. The second-order valence-corrected chi connectivity index (χ2v) is 6.85. The van der Waals surface area contributed by atoms with Gasteiger partial charge in [0.1, 0.15) is 0 Å². The summed E-state index contributed by atoms with van der Waals surface area (Å²) in [5.41, 5.74) is 0.950. The Morgan fingerprint density at radius 1 is 1.30 bits per heavy atom. The summed E-state index contributed by atoms with van der Waals surface area (Å²) >= 11 is 1.54. The Balaban J connectivity index is 1.66. The molecular formula is C15H20N3OS+. The number of nitrogens with zero attached hydrogens (tertiary/aromatic N) is 2. The molecule has 0 radical (unpaired) electrons. The average molecular weight is 290 g/mol. The largest absolute Gasteiger partial charge is 0.318 e. The van der Waals surface area contributed by atoms with Crippen LogP contribution < -0.4 is 5.32 Å². The number of amides is 1. The van der Waals surface area contributed by atoms with E-state index in [1.54, 1.807) is 0 Å². The molecule has 0 spiro atoms. The Hall–Kier alpha value is -1.46. The minimum atomic E-state index is 0.0773. The van der Waals surface area contributed by atoms with Crippen LogP contribution in [0.25, 0.3) is 10.2 Å². The second kappa shape index (κ2) is 5.50. The Kier molecular flexibility index (Phi) is 3.72. The fraction of sp³-hybridized carbons (Fsp3) is 0.467. The monoisotopic (exact) mass is 290 g/mol. The van der Waals surface area contributed by atoms with E-state index in [2.05, 4.69) is 17.3 Å². The number of likely N-dealkylation sites (N-methyl/N-ethyl adjacent to an activating group) is 1. The lowest BCUT2D eigenvalue weighted by molar-refractivity contribution is -0.906. The van der Waals surface area contributed by atoms with Gasteiger partial charge in [0.25, 0.3) is 5.91 Å². The molecule has 0 unspecified atom stereocenters. The lowest BCUT2D eigenvalue weighted by Gasteiger charge is -2.36. The van der Waals surface area contributed by atoms with Crippen LogP contribution in [-0.2, 0) is 4.79 Å². The maximum absolute atomic E-state index is 12.2. The van der Waals surface area contributed by atoms with Crippen LogP contribution in [0.15, 0.2) is 24.3 Å². The molecule has 1 aromatic carbocycles. The summed E-state index contributed by atoms with van der Waals surface area (Å²) in [4.78, 5) is 16.7. The van der Waals surface area contributed by atoms with Crippen LogP contribution >= 0.6 is 11.3 Å². The van der Waals surface area contributed by atoms with Crippen molar-refractivity contribution in [2.75, 3.05) is 32.0 Å². The van der Waals surface area contributed by atoms with Gasteiger partial charge in [-0.25, -0.2) is 4.98 Å². The fourth-order valence-corrected chi connectivity index (χ4v) is 3.75. The first-order valence-corrected chi connectivity index (χ1v) is 7.95. The number of thiazole rings is 1. The molecule has 0 aliphatic carbocycles. The third-order valence-corrected chi connectivity index (χ3v) is 4.91. The number of aromatic nitrogens is 1. The second-order valence-electron chi connectivity index (χ2n) is 5.82. The van der Waals surface area contributed by atoms with Crippen molar-refractivity contribution in [1.82, 2.24) is 4.98 Å². The summed E-state index contributed by atoms with van der Waals surface area (Å²) in [6.07, 6.45) is 3.75. The Morgan fingerprint density at radius 2 is 2.05 bits per heavy atom. The minimum Gasteiger partial charge on any atom is -0.318 e. The molecule has 0 atom stereocenters. The molecule has 4 nitrogen and oxygen atoms in total. The minimum absolute atomic E-state index is 0.0773. The molecule has 20 heavy (non-hydrogen) atoms. The highest BCUT2D eigenvalue weighted by Crippen LogP contribution is 2.25. The number of carbonyl (C=O) groups excluding carboxylic acids is 1. The Labute approximate surface area is 123 Å². The number of piperidine rings is 1. The first-order valence-electron chi connectivity index (χ1n) is 7.14. The number of carbonyl (C=O) groups is 1. The van der Waals surface area contributed by atoms with E-state index >= 15 is 0 Å². The van der Waals surface area contributed by atoms with Gasteiger partial charge in [-0.05, 0) is 31.4 Å². The summed E-state index contributed by atoms with van der Waals surface area (Å²) in [5, 5.41) is 3.66. The molecule has 2 aromatic rings. The number of hydrogen-bond donors (Lipinski definition) is 1. The van der Waals surface area contributed by atoms with Crippen LogP contribution in [0.2, 0.25) is 0 Å². The van der Waals surface area contributed by atoms with Gasteiger partial charge in [-0.1, -0.05) is 23.5 Å². The molecule has 1 amide bonds. The lowest BCUT2D eigenvalue weighted by Crippen LogP contribution is -2.51. The van der Waals surface area contributed by atoms with Crippen LogP contribution in [0.1, 0.15) is 19.3 Å². The standard InChI is InChI=1S/C15H19N3OS/c1-18(9-5-2-6-10-18)11-14(19)17-15-16-12-7-3-4-8-13(12)20-15/h3-4,7-8H,2,5-6,9-11H2,1H3/p+1. The quantitative estimate of drug-likeness (QED) is 0.883. The summed E-state index contributed by atoms with van der Waals surface area (Å²) in [5.74, 6) is 0.0773. The molecule has 1 N–H and O–H groups in total. The maximum atomic E-state index is 12.2. The van der Waals surface area contributed by atoms with Crippen molar-refractivity contribution in [2.45, 2.75) is 19.3 Å². The van der Waals surface area contributed by atoms with E-state index in [9.17, 15) is 4.79 Å². The molecule has 1 aromatic heterocycles. The smallest absolute Gasteiger partial charge is 0.281 e. The van der Waals surface area contributed by atoms with Gasteiger partial charge in [0, 0.05) is 0 Å². The average Bonchev–Trinajstić information content (AvgIpc) is 2.80. The highest BCUT2D eigenvalue weighted by atomic mass is 32.1. The van der Waals surface area contributed by atoms with E-state index in [4.69, 9.17) is 0 Å². The fourth-order valence-electron chi connectivity index (χ4n) is 2.86. The van der Waals surface area contributed by atoms with Crippen LogP contribution in [0, 0.1) is 0 Å². The summed E-state index contributed by atoms with van der Waals surface area (Å²) in [6, 6.07) is 7.96. The molecule has 1 saturated heterocycles. The molecule has 1 fully saturated rings. The van der Waals surface area contributed by atoms with E-state index < -0.39 is 0 Å².